The van der Waals surface area contributed by atoms with Crippen LogP contribution in [0.1, 0.15) is 38.2 Å². The summed E-state index contributed by atoms with van der Waals surface area (Å²) in [4.78, 5) is 39.8. The number of carbonyl (C=O) groups is 2. The molecule has 11 nitrogen and oxygen atoms in total. The number of aldehydes is 1. The van der Waals surface area contributed by atoms with Gasteiger partial charge in [-0.1, -0.05) is 74.9 Å². The highest BCUT2D eigenvalue weighted by atomic mass is 17.5. The van der Waals surface area contributed by atoms with Crippen molar-refractivity contribution >= 4 is 12.3 Å². The number of aliphatic hydroxyl groups is 2. The van der Waals surface area contributed by atoms with E-state index in [-0.39, 0.29) is 25.1 Å². The Balaban J connectivity index is 0.00000108. The number of benzene rings is 3. The molecule has 0 amide bonds. The number of allylic oxidation sites excluding steroid dienone is 1. The van der Waals surface area contributed by atoms with Crippen LogP contribution in [0.25, 0.3) is 22.3 Å². The number of hydrogen-bond acceptors (Lipinski definition) is 11. The molecule has 11 heteroatoms. The van der Waals surface area contributed by atoms with Crippen molar-refractivity contribution < 1.29 is 54.9 Å². The maximum absolute atomic E-state index is 11.3. The summed E-state index contributed by atoms with van der Waals surface area (Å²) in [7, 11) is 1.39. The molecule has 3 rings (SSSR count). The third-order valence-electron chi connectivity index (χ3n) is 5.34. The molecule has 0 aliphatic carbocycles. The molecule has 0 aliphatic heterocycles. The van der Waals surface area contributed by atoms with E-state index in [1.54, 1.807) is 12.1 Å². The standard InChI is InChI=1S/C27H30O7.C3H4O2.H2O2/c1-3-4-5-6-20-7-9-21(10-8-20)22-11-13-23(14-12-22)24-17-25(31-30-2)19-26(18-24)32-34-33-27(29)15-16-28;1-3(5)2-4;1-2/h7-14,17-19,28H,3-6,15-16H2,1-2H3;2,5H,1H2;1-2H. The Bertz CT molecular complexity index is 1180. The minimum Gasteiger partial charge on any atom is -0.505 e. The van der Waals surface area contributed by atoms with Crippen LogP contribution in [0.15, 0.2) is 79.1 Å². The van der Waals surface area contributed by atoms with Gasteiger partial charge in [0.05, 0.1) is 20.1 Å². The second-order valence-corrected chi connectivity index (χ2v) is 8.36. The normalized spacial score (nSPS) is 9.78. The predicted octanol–water partition coefficient (Wildman–Crippen LogP) is 6.12. The molecule has 0 atom stereocenters. The lowest BCUT2D eigenvalue weighted by Gasteiger charge is -2.10. The number of hydrogen-bond donors (Lipinski definition) is 4. The Kier molecular flexibility index (Phi) is 17.5. The van der Waals surface area contributed by atoms with E-state index in [9.17, 15) is 4.79 Å². The fraction of sp³-hybridized carbons (Fsp3) is 0.267. The maximum Gasteiger partial charge on any atom is 0.348 e. The molecule has 0 fully saturated rings. The molecule has 3 aromatic rings. The van der Waals surface area contributed by atoms with Crippen LogP contribution in [0.5, 0.6) is 11.5 Å². The molecule has 0 saturated carbocycles. The fourth-order valence-electron chi connectivity index (χ4n) is 3.46. The van der Waals surface area contributed by atoms with Crippen molar-refractivity contribution in [1.29, 1.82) is 0 Å². The lowest BCUT2D eigenvalue weighted by atomic mass is 9.98. The summed E-state index contributed by atoms with van der Waals surface area (Å²) in [6, 6.07) is 21.8. The zero-order valence-corrected chi connectivity index (χ0v) is 23.0. The SMILES string of the molecule is C=C(O)C=O.CCCCCc1ccc(-c2ccc(-c3cc(OOC)cc(OOOC(=O)CCO)c3)cc2)cc1.OO. The van der Waals surface area contributed by atoms with Gasteiger partial charge < -0.3 is 15.1 Å². The number of carbonyl (C=O) groups excluding carboxylic acids is 2. The first-order chi connectivity index (χ1) is 19.9. The smallest absolute Gasteiger partial charge is 0.348 e. The highest BCUT2D eigenvalue weighted by molar-refractivity contribution is 5.72. The molecule has 0 unspecified atom stereocenters. The molecular weight excluding hydrogens is 536 g/mol. The van der Waals surface area contributed by atoms with Gasteiger partial charge in [-0.25, -0.2) is 4.79 Å². The van der Waals surface area contributed by atoms with Gasteiger partial charge in [-0.05, 0) is 52.8 Å². The highest BCUT2D eigenvalue weighted by Crippen LogP contribution is 2.32. The topological polar surface area (TPSA) is 161 Å². The Morgan fingerprint density at radius 2 is 1.37 bits per heavy atom. The van der Waals surface area contributed by atoms with Crippen LogP contribution in [-0.2, 0) is 30.8 Å². The third-order valence-corrected chi connectivity index (χ3v) is 5.34. The molecule has 3 aromatic carbocycles. The van der Waals surface area contributed by atoms with Crippen LogP contribution in [0.2, 0.25) is 0 Å². The summed E-state index contributed by atoms with van der Waals surface area (Å²) in [5.74, 6) is -0.561. The molecule has 4 N–H and O–H groups in total. The van der Waals surface area contributed by atoms with Crippen LogP contribution in [0.3, 0.4) is 0 Å². The van der Waals surface area contributed by atoms with Crippen LogP contribution in [0.4, 0.5) is 0 Å². The van der Waals surface area contributed by atoms with E-state index in [2.05, 4.69) is 59.8 Å². The Morgan fingerprint density at radius 1 is 0.854 bits per heavy atom. The molecule has 0 aromatic heterocycles. The average Bonchev–Trinajstić information content (AvgIpc) is 2.99. The molecule has 222 valence electrons. The number of aliphatic hydroxyl groups excluding tert-OH is 2. The first-order valence-electron chi connectivity index (χ1n) is 12.6. The Morgan fingerprint density at radius 3 is 1.85 bits per heavy atom. The monoisotopic (exact) mass is 572 g/mol. The molecule has 0 bridgehead atoms. The lowest BCUT2D eigenvalue weighted by Crippen LogP contribution is -2.09. The van der Waals surface area contributed by atoms with Crippen LogP contribution < -0.4 is 9.78 Å². The van der Waals surface area contributed by atoms with Crippen molar-refractivity contribution in [2.75, 3.05) is 13.7 Å². The van der Waals surface area contributed by atoms with Gasteiger partial charge in [0.1, 0.15) is 5.76 Å². The third kappa shape index (κ3) is 13.6. The van der Waals surface area contributed by atoms with E-state index in [0.717, 1.165) is 28.7 Å². The molecule has 0 saturated heterocycles. The number of aryl methyl sites for hydroxylation is 1. The van der Waals surface area contributed by atoms with E-state index < -0.39 is 11.7 Å². The van der Waals surface area contributed by atoms with Gasteiger partial charge in [0, 0.05) is 11.1 Å². The van der Waals surface area contributed by atoms with Gasteiger partial charge in [0.2, 0.25) is 0 Å². The second kappa shape index (κ2) is 20.6. The summed E-state index contributed by atoms with van der Waals surface area (Å²) >= 11 is 0. The Labute approximate surface area is 238 Å². The fourth-order valence-corrected chi connectivity index (χ4v) is 3.46. The van der Waals surface area contributed by atoms with Crippen molar-refractivity contribution in [3.63, 3.8) is 0 Å². The zero-order chi connectivity index (χ0) is 30.5. The minimum atomic E-state index is -0.753. The van der Waals surface area contributed by atoms with Gasteiger partial charge in [0.15, 0.2) is 17.8 Å². The van der Waals surface area contributed by atoms with Crippen molar-refractivity contribution in [3.05, 3.63) is 84.6 Å². The van der Waals surface area contributed by atoms with Gasteiger partial charge in [-0.2, -0.15) is 4.89 Å². The highest BCUT2D eigenvalue weighted by Gasteiger charge is 2.10. The van der Waals surface area contributed by atoms with Crippen molar-refractivity contribution in [2.45, 2.75) is 39.0 Å². The average molecular weight is 573 g/mol. The largest absolute Gasteiger partial charge is 0.505 e. The molecule has 0 aliphatic rings. The molecular formula is C30H36O11. The predicted molar refractivity (Wildman–Crippen MR) is 151 cm³/mol. The summed E-state index contributed by atoms with van der Waals surface area (Å²) in [6.45, 7) is 4.73. The van der Waals surface area contributed by atoms with E-state index >= 15 is 0 Å². The summed E-state index contributed by atoms with van der Waals surface area (Å²) in [5, 5.41) is 33.0. The summed E-state index contributed by atoms with van der Waals surface area (Å²) < 4.78 is 0. The van der Waals surface area contributed by atoms with Crippen LogP contribution in [-0.4, -0.2) is 46.7 Å². The van der Waals surface area contributed by atoms with Gasteiger partial charge >= 0.3 is 5.97 Å². The maximum atomic E-state index is 11.3. The van der Waals surface area contributed by atoms with Crippen LogP contribution in [0, 0.1) is 0 Å². The van der Waals surface area contributed by atoms with Crippen molar-refractivity contribution in [1.82, 2.24) is 0 Å². The summed E-state index contributed by atoms with van der Waals surface area (Å²) in [5.41, 5.74) is 5.34. The first-order valence-corrected chi connectivity index (χ1v) is 12.6. The number of rotatable bonds is 14. The molecule has 41 heavy (non-hydrogen) atoms. The van der Waals surface area contributed by atoms with Crippen LogP contribution >= 0.6 is 0 Å². The first kappa shape index (κ1) is 34.8. The van der Waals surface area contributed by atoms with Gasteiger partial charge in [-0.15, -0.1) is 0 Å². The van der Waals surface area contributed by atoms with Crippen molar-refractivity contribution in [2.24, 2.45) is 0 Å². The zero-order valence-electron chi connectivity index (χ0n) is 23.0. The van der Waals surface area contributed by atoms with E-state index in [4.69, 9.17) is 40.2 Å². The molecule has 0 heterocycles. The number of unbranched alkanes of at least 4 members (excludes halogenated alkanes) is 2. The van der Waals surface area contributed by atoms with E-state index in [1.807, 2.05) is 12.1 Å². The Hall–Kier alpha value is -4.26. The quantitative estimate of drug-likeness (QED) is 0.0440. The minimum absolute atomic E-state index is 0.199. The van der Waals surface area contributed by atoms with Crippen molar-refractivity contribution in [3.8, 4) is 33.8 Å². The van der Waals surface area contributed by atoms with E-state index in [1.165, 1.54) is 38.0 Å². The molecule has 0 spiro atoms. The van der Waals surface area contributed by atoms with E-state index in [0.29, 0.717) is 5.75 Å². The second-order valence-electron chi connectivity index (χ2n) is 8.36. The summed E-state index contributed by atoms with van der Waals surface area (Å²) in [6.07, 6.45) is 4.90. The van der Waals surface area contributed by atoms with Gasteiger partial charge in [0.25, 0.3) is 0 Å². The molecule has 0 radical (unpaired) electrons. The lowest BCUT2D eigenvalue weighted by molar-refractivity contribution is -0.437. The van der Waals surface area contributed by atoms with Gasteiger partial charge in [-0.3, -0.25) is 25.1 Å².